The van der Waals surface area contributed by atoms with Gasteiger partial charge in [-0.1, -0.05) is 39.0 Å². The number of aromatic nitrogens is 1. The lowest BCUT2D eigenvalue weighted by molar-refractivity contribution is 0.405. The SMILES string of the molecule is CCCCCCCC(Cc1ncc(C)c(OC)c1C)NN. The van der Waals surface area contributed by atoms with Gasteiger partial charge in [0.05, 0.1) is 7.11 Å². The van der Waals surface area contributed by atoms with Crippen molar-refractivity contribution in [1.82, 2.24) is 10.4 Å². The number of pyridine rings is 1. The van der Waals surface area contributed by atoms with E-state index in [1.54, 1.807) is 7.11 Å². The first kappa shape index (κ1) is 17.9. The molecule has 1 rings (SSSR count). The Hall–Kier alpha value is -1.13. The molecule has 4 heteroatoms. The number of ether oxygens (including phenoxy) is 1. The number of nitrogens with zero attached hydrogens (tertiary/aromatic N) is 1. The molecule has 0 saturated carbocycles. The molecule has 1 aromatic heterocycles. The molecule has 0 fully saturated rings. The summed E-state index contributed by atoms with van der Waals surface area (Å²) >= 11 is 0. The molecule has 1 atom stereocenters. The molecule has 3 N–H and O–H groups in total. The van der Waals surface area contributed by atoms with E-state index >= 15 is 0 Å². The van der Waals surface area contributed by atoms with Gasteiger partial charge in [-0.3, -0.25) is 16.3 Å². The largest absolute Gasteiger partial charge is 0.496 e. The molecule has 1 aromatic rings. The molecule has 1 unspecified atom stereocenters. The van der Waals surface area contributed by atoms with Crippen molar-refractivity contribution in [3.63, 3.8) is 0 Å². The fraction of sp³-hybridized carbons (Fsp3) is 0.706. The Balaban J connectivity index is 2.57. The predicted molar refractivity (Wildman–Crippen MR) is 88.5 cm³/mol. The van der Waals surface area contributed by atoms with Crippen LogP contribution in [0.4, 0.5) is 0 Å². The molecule has 0 aromatic carbocycles. The Morgan fingerprint density at radius 1 is 1.24 bits per heavy atom. The van der Waals surface area contributed by atoms with E-state index in [4.69, 9.17) is 10.6 Å². The van der Waals surface area contributed by atoms with Gasteiger partial charge in [-0.2, -0.15) is 0 Å². The fourth-order valence-corrected chi connectivity index (χ4v) is 2.75. The third-order valence-corrected chi connectivity index (χ3v) is 4.08. The Bertz CT molecular complexity index is 421. The van der Waals surface area contributed by atoms with Crippen LogP contribution in [0.1, 0.15) is 62.3 Å². The van der Waals surface area contributed by atoms with E-state index in [9.17, 15) is 0 Å². The van der Waals surface area contributed by atoms with E-state index in [1.165, 1.54) is 32.1 Å². The van der Waals surface area contributed by atoms with Crippen molar-refractivity contribution in [2.24, 2.45) is 5.84 Å². The molecule has 0 aliphatic carbocycles. The minimum atomic E-state index is 0.283. The second-order valence-electron chi connectivity index (χ2n) is 5.82. The predicted octanol–water partition coefficient (Wildman–Crippen LogP) is 3.44. The number of nitrogens with two attached hydrogens (primary N) is 1. The minimum Gasteiger partial charge on any atom is -0.496 e. The van der Waals surface area contributed by atoms with Gasteiger partial charge in [0.25, 0.3) is 0 Å². The van der Waals surface area contributed by atoms with E-state index in [0.29, 0.717) is 0 Å². The Morgan fingerprint density at radius 2 is 1.95 bits per heavy atom. The molecular weight excluding hydrogens is 262 g/mol. The van der Waals surface area contributed by atoms with Crippen LogP contribution in [0.3, 0.4) is 0 Å². The maximum absolute atomic E-state index is 5.70. The highest BCUT2D eigenvalue weighted by molar-refractivity contribution is 5.41. The first-order valence-electron chi connectivity index (χ1n) is 8.09. The summed E-state index contributed by atoms with van der Waals surface area (Å²) in [5.74, 6) is 6.65. The average Bonchev–Trinajstić information content (AvgIpc) is 2.48. The molecule has 4 nitrogen and oxygen atoms in total. The summed E-state index contributed by atoms with van der Waals surface area (Å²) < 4.78 is 5.47. The summed E-state index contributed by atoms with van der Waals surface area (Å²) in [5, 5.41) is 0. The van der Waals surface area contributed by atoms with Crippen LogP contribution in [0, 0.1) is 13.8 Å². The topological polar surface area (TPSA) is 60.2 Å². The second-order valence-corrected chi connectivity index (χ2v) is 5.82. The highest BCUT2D eigenvalue weighted by Crippen LogP contribution is 2.25. The molecule has 1 heterocycles. The number of rotatable bonds is 10. The van der Waals surface area contributed by atoms with Gasteiger partial charge in [-0.05, 0) is 20.3 Å². The zero-order valence-electron chi connectivity index (χ0n) is 14.0. The number of hydrogen-bond acceptors (Lipinski definition) is 4. The van der Waals surface area contributed by atoms with Crippen molar-refractivity contribution in [3.8, 4) is 5.75 Å². The smallest absolute Gasteiger partial charge is 0.128 e. The van der Waals surface area contributed by atoms with Gasteiger partial charge in [0, 0.05) is 35.5 Å². The van der Waals surface area contributed by atoms with Crippen LogP contribution >= 0.6 is 0 Å². The maximum Gasteiger partial charge on any atom is 0.128 e. The molecule has 0 aliphatic rings. The third kappa shape index (κ3) is 5.64. The molecule has 0 spiro atoms. The normalized spacial score (nSPS) is 12.4. The molecule has 0 bridgehead atoms. The number of unbranched alkanes of at least 4 members (excludes halogenated alkanes) is 4. The highest BCUT2D eigenvalue weighted by atomic mass is 16.5. The number of nitrogens with one attached hydrogen (secondary N) is 1. The Kier molecular flexibility index (Phi) is 8.31. The van der Waals surface area contributed by atoms with Gasteiger partial charge in [0.2, 0.25) is 0 Å². The van der Waals surface area contributed by atoms with Crippen molar-refractivity contribution >= 4 is 0 Å². The van der Waals surface area contributed by atoms with E-state index in [1.807, 2.05) is 13.1 Å². The van der Waals surface area contributed by atoms with Gasteiger partial charge < -0.3 is 4.74 Å². The molecule has 0 saturated heterocycles. The van der Waals surface area contributed by atoms with Crippen LogP contribution in [-0.2, 0) is 6.42 Å². The number of hydrazine groups is 1. The Morgan fingerprint density at radius 3 is 2.57 bits per heavy atom. The van der Waals surface area contributed by atoms with Crippen LogP contribution in [0.2, 0.25) is 0 Å². The molecule has 21 heavy (non-hydrogen) atoms. The molecule has 120 valence electrons. The summed E-state index contributed by atoms with van der Waals surface area (Å²) in [6, 6.07) is 0.283. The van der Waals surface area contributed by atoms with Gasteiger partial charge in [0.1, 0.15) is 5.75 Å². The van der Waals surface area contributed by atoms with E-state index < -0.39 is 0 Å². The quantitative estimate of drug-likeness (QED) is 0.394. The zero-order valence-corrected chi connectivity index (χ0v) is 14.0. The fourth-order valence-electron chi connectivity index (χ4n) is 2.75. The van der Waals surface area contributed by atoms with Crippen LogP contribution < -0.4 is 16.0 Å². The lowest BCUT2D eigenvalue weighted by Gasteiger charge is -2.18. The molecule has 0 amide bonds. The van der Waals surface area contributed by atoms with Crippen molar-refractivity contribution in [3.05, 3.63) is 23.0 Å². The summed E-state index contributed by atoms with van der Waals surface area (Å²) in [6.45, 7) is 6.33. The average molecular weight is 293 g/mol. The molecule has 0 aliphatic heterocycles. The van der Waals surface area contributed by atoms with Gasteiger partial charge in [-0.15, -0.1) is 0 Å². The minimum absolute atomic E-state index is 0.283. The van der Waals surface area contributed by atoms with Crippen molar-refractivity contribution < 1.29 is 4.74 Å². The lowest BCUT2D eigenvalue weighted by atomic mass is 10.00. The molecule has 0 radical (unpaired) electrons. The van der Waals surface area contributed by atoms with Gasteiger partial charge >= 0.3 is 0 Å². The zero-order chi connectivity index (χ0) is 15.7. The number of methoxy groups -OCH3 is 1. The number of hydrogen-bond donors (Lipinski definition) is 2. The second kappa shape index (κ2) is 9.74. The Labute approximate surface area is 129 Å². The lowest BCUT2D eigenvalue weighted by Crippen LogP contribution is -2.37. The van der Waals surface area contributed by atoms with Crippen molar-refractivity contribution in [1.29, 1.82) is 0 Å². The first-order valence-corrected chi connectivity index (χ1v) is 8.09. The van der Waals surface area contributed by atoms with E-state index in [0.717, 1.165) is 35.4 Å². The van der Waals surface area contributed by atoms with Crippen LogP contribution in [0.5, 0.6) is 5.75 Å². The maximum atomic E-state index is 5.70. The summed E-state index contributed by atoms with van der Waals surface area (Å²) in [5.41, 5.74) is 6.23. The summed E-state index contributed by atoms with van der Waals surface area (Å²) in [7, 11) is 1.71. The van der Waals surface area contributed by atoms with Crippen molar-refractivity contribution in [2.75, 3.05) is 7.11 Å². The van der Waals surface area contributed by atoms with E-state index in [-0.39, 0.29) is 6.04 Å². The molecular formula is C17H31N3O. The highest BCUT2D eigenvalue weighted by Gasteiger charge is 2.14. The van der Waals surface area contributed by atoms with Gasteiger partial charge in [0.15, 0.2) is 0 Å². The number of aryl methyl sites for hydroxylation is 1. The standard InChI is InChI=1S/C17H31N3O/c1-5-6-7-8-9-10-15(20-18)11-16-14(3)17(21-4)13(2)12-19-16/h12,15,20H,5-11,18H2,1-4H3. The van der Waals surface area contributed by atoms with Crippen LogP contribution in [0.15, 0.2) is 6.20 Å². The monoisotopic (exact) mass is 293 g/mol. The van der Waals surface area contributed by atoms with Crippen molar-refractivity contribution in [2.45, 2.75) is 71.8 Å². The van der Waals surface area contributed by atoms with Crippen LogP contribution in [0.25, 0.3) is 0 Å². The van der Waals surface area contributed by atoms with Crippen LogP contribution in [-0.4, -0.2) is 18.1 Å². The summed E-state index contributed by atoms with van der Waals surface area (Å²) in [6.07, 6.45) is 10.3. The summed E-state index contributed by atoms with van der Waals surface area (Å²) in [4.78, 5) is 4.56. The van der Waals surface area contributed by atoms with Gasteiger partial charge in [-0.25, -0.2) is 0 Å². The third-order valence-electron chi connectivity index (χ3n) is 4.08. The van der Waals surface area contributed by atoms with E-state index in [2.05, 4.69) is 24.3 Å². The first-order chi connectivity index (χ1) is 10.1.